The van der Waals surface area contributed by atoms with E-state index in [4.69, 9.17) is 23.2 Å². The molecule has 0 radical (unpaired) electrons. The van der Waals surface area contributed by atoms with Gasteiger partial charge in [0.15, 0.2) is 0 Å². The van der Waals surface area contributed by atoms with Gasteiger partial charge in [-0.1, -0.05) is 59.6 Å². The van der Waals surface area contributed by atoms with E-state index in [2.05, 4.69) is 10.6 Å². The van der Waals surface area contributed by atoms with E-state index in [1.54, 1.807) is 37.3 Å². The Balaban J connectivity index is 1.56. The van der Waals surface area contributed by atoms with Crippen molar-refractivity contribution in [2.75, 3.05) is 10.6 Å². The summed E-state index contributed by atoms with van der Waals surface area (Å²) in [5, 5.41) is 16.8. The predicted molar refractivity (Wildman–Crippen MR) is 152 cm³/mol. The third-order valence-electron chi connectivity index (χ3n) is 5.54. The maximum absolute atomic E-state index is 13.4. The first-order chi connectivity index (χ1) is 18.2. The average Bonchev–Trinajstić information content (AvgIpc) is 2.89. The van der Waals surface area contributed by atoms with Crippen LogP contribution in [0.3, 0.4) is 0 Å². The molecule has 4 aromatic rings. The Morgan fingerprint density at radius 3 is 2.34 bits per heavy atom. The first-order valence-electron chi connectivity index (χ1n) is 11.4. The van der Waals surface area contributed by atoms with Crippen molar-refractivity contribution in [3.05, 3.63) is 128 Å². The van der Waals surface area contributed by atoms with Crippen LogP contribution in [0.15, 0.2) is 95.9 Å². The molecule has 2 amide bonds. The second-order valence-electron chi connectivity index (χ2n) is 8.26. The molecule has 0 saturated heterocycles. The van der Waals surface area contributed by atoms with Gasteiger partial charge in [0.25, 0.3) is 11.6 Å². The molecule has 1 atom stereocenters. The number of hydrogen-bond acceptors (Lipinski definition) is 5. The highest BCUT2D eigenvalue weighted by Gasteiger charge is 2.23. The first kappa shape index (κ1) is 27.2. The normalized spacial score (nSPS) is 11.4. The van der Waals surface area contributed by atoms with Gasteiger partial charge in [-0.25, -0.2) is 0 Å². The van der Waals surface area contributed by atoms with Gasteiger partial charge in [-0.05, 0) is 60.5 Å². The smallest absolute Gasteiger partial charge is 0.269 e. The number of rotatable bonds is 8. The summed E-state index contributed by atoms with van der Waals surface area (Å²) in [6, 6.07) is 25.3. The van der Waals surface area contributed by atoms with Crippen molar-refractivity contribution in [2.24, 2.45) is 0 Å². The number of nitrogens with one attached hydrogen (secondary N) is 2. The van der Waals surface area contributed by atoms with Gasteiger partial charge in [-0.2, -0.15) is 0 Å². The lowest BCUT2D eigenvalue weighted by Gasteiger charge is -2.18. The molecule has 0 aliphatic heterocycles. The fourth-order valence-corrected chi connectivity index (χ4v) is 5.23. The Labute approximate surface area is 233 Å². The van der Waals surface area contributed by atoms with Crippen molar-refractivity contribution in [2.45, 2.75) is 17.1 Å². The number of benzene rings is 4. The van der Waals surface area contributed by atoms with Crippen molar-refractivity contribution >= 4 is 63.8 Å². The lowest BCUT2D eigenvalue weighted by Crippen LogP contribution is -2.19. The largest absolute Gasteiger partial charge is 0.325 e. The summed E-state index contributed by atoms with van der Waals surface area (Å²) in [4.78, 5) is 37.5. The lowest BCUT2D eigenvalue weighted by atomic mass is 10.1. The minimum absolute atomic E-state index is 0.0479. The van der Waals surface area contributed by atoms with Crippen LogP contribution in [0, 0.1) is 17.0 Å². The number of non-ortho nitro benzene ring substituents is 1. The number of hydrogen-bond donors (Lipinski definition) is 2. The fraction of sp³-hybridized carbons (Fsp3) is 0.0714. The minimum atomic E-state index is -0.637. The maximum atomic E-state index is 13.4. The van der Waals surface area contributed by atoms with E-state index in [1.165, 1.54) is 36.0 Å². The summed E-state index contributed by atoms with van der Waals surface area (Å²) in [7, 11) is 0. The van der Waals surface area contributed by atoms with Gasteiger partial charge in [-0.3, -0.25) is 19.7 Å². The zero-order valence-electron chi connectivity index (χ0n) is 20.0. The van der Waals surface area contributed by atoms with Gasteiger partial charge in [0.1, 0.15) is 5.25 Å². The molecule has 7 nitrogen and oxygen atoms in total. The van der Waals surface area contributed by atoms with E-state index >= 15 is 0 Å². The minimum Gasteiger partial charge on any atom is -0.325 e. The number of nitro groups is 1. The summed E-state index contributed by atoms with van der Waals surface area (Å²) in [5.41, 5.74) is 2.61. The quantitative estimate of drug-likeness (QED) is 0.128. The third kappa shape index (κ3) is 6.72. The van der Waals surface area contributed by atoms with Crippen molar-refractivity contribution in [1.29, 1.82) is 0 Å². The molecule has 10 heteroatoms. The highest BCUT2D eigenvalue weighted by molar-refractivity contribution is 8.00. The first-order valence-corrected chi connectivity index (χ1v) is 13.0. The summed E-state index contributed by atoms with van der Waals surface area (Å²) in [6.07, 6.45) is 0. The van der Waals surface area contributed by atoms with Crippen molar-refractivity contribution in [3.63, 3.8) is 0 Å². The zero-order chi connectivity index (χ0) is 27.2. The van der Waals surface area contributed by atoms with Gasteiger partial charge in [0.2, 0.25) is 5.91 Å². The Morgan fingerprint density at radius 1 is 0.895 bits per heavy atom. The van der Waals surface area contributed by atoms with Crippen LogP contribution in [0.5, 0.6) is 0 Å². The van der Waals surface area contributed by atoms with E-state index < -0.39 is 10.2 Å². The SMILES string of the molecule is Cc1cc([N+](=O)[O-])ccc1NC(=O)C(Sc1cccc(NC(=O)c2ccc(Cl)cc2Cl)c1)c1ccccc1. The summed E-state index contributed by atoms with van der Waals surface area (Å²) in [5.74, 6) is -0.680. The molecule has 0 heterocycles. The Bertz CT molecular complexity index is 1520. The number of nitrogens with zero attached hydrogens (tertiary/aromatic N) is 1. The zero-order valence-corrected chi connectivity index (χ0v) is 22.3. The lowest BCUT2D eigenvalue weighted by molar-refractivity contribution is -0.384. The van der Waals surface area contributed by atoms with E-state index in [9.17, 15) is 19.7 Å². The van der Waals surface area contributed by atoms with Crippen LogP contribution in [0.2, 0.25) is 10.0 Å². The van der Waals surface area contributed by atoms with Gasteiger partial charge in [-0.15, -0.1) is 11.8 Å². The molecule has 1 unspecified atom stereocenters. The molecule has 0 bridgehead atoms. The standard InChI is InChI=1S/C28H21Cl2N3O4S/c1-17-14-21(33(36)37)11-13-25(17)32-28(35)26(18-6-3-2-4-7-18)38-22-9-5-8-20(16-22)31-27(34)23-12-10-19(29)15-24(23)30/h2-16,26H,1H3,(H,31,34)(H,32,35). The summed E-state index contributed by atoms with van der Waals surface area (Å²) in [6.45, 7) is 1.70. The van der Waals surface area contributed by atoms with Crippen LogP contribution in [-0.4, -0.2) is 16.7 Å². The van der Waals surface area contributed by atoms with Gasteiger partial charge in [0.05, 0.1) is 15.5 Å². The number of carbonyl (C=O) groups excluding carboxylic acids is 2. The molecule has 192 valence electrons. The number of thioether (sulfide) groups is 1. The number of carbonyl (C=O) groups is 2. The topological polar surface area (TPSA) is 101 Å². The Hall–Kier alpha value is -3.85. The highest BCUT2D eigenvalue weighted by Crippen LogP contribution is 2.37. The highest BCUT2D eigenvalue weighted by atomic mass is 35.5. The molecule has 0 fully saturated rings. The van der Waals surface area contributed by atoms with E-state index in [0.29, 0.717) is 22.0 Å². The number of aryl methyl sites for hydroxylation is 1. The number of anilines is 2. The molecule has 0 aliphatic rings. The second-order valence-corrected chi connectivity index (χ2v) is 10.3. The van der Waals surface area contributed by atoms with E-state index in [0.717, 1.165) is 10.5 Å². The van der Waals surface area contributed by atoms with Crippen LogP contribution in [0.25, 0.3) is 0 Å². The third-order valence-corrected chi connectivity index (χ3v) is 7.34. The van der Waals surface area contributed by atoms with E-state index in [-0.39, 0.29) is 28.1 Å². The second kappa shape index (κ2) is 12.1. The molecular formula is C28H21Cl2N3O4S. The Morgan fingerprint density at radius 2 is 1.66 bits per heavy atom. The molecule has 0 spiro atoms. The van der Waals surface area contributed by atoms with Crippen LogP contribution >= 0.6 is 35.0 Å². The summed E-state index contributed by atoms with van der Waals surface area (Å²) < 4.78 is 0. The van der Waals surface area contributed by atoms with Crippen molar-refractivity contribution in [1.82, 2.24) is 0 Å². The Kier molecular flexibility index (Phi) is 8.68. The summed E-state index contributed by atoms with van der Waals surface area (Å²) >= 11 is 13.4. The van der Waals surface area contributed by atoms with Crippen molar-refractivity contribution in [3.8, 4) is 0 Å². The number of amides is 2. The molecule has 0 aromatic heterocycles. The molecule has 2 N–H and O–H groups in total. The molecule has 0 aliphatic carbocycles. The number of halogens is 2. The molecule has 4 aromatic carbocycles. The van der Waals surface area contributed by atoms with Crippen LogP contribution in [0.1, 0.15) is 26.7 Å². The molecule has 0 saturated carbocycles. The van der Waals surface area contributed by atoms with Gasteiger partial charge in [0, 0.05) is 33.4 Å². The van der Waals surface area contributed by atoms with Crippen LogP contribution in [-0.2, 0) is 4.79 Å². The van der Waals surface area contributed by atoms with Gasteiger partial charge >= 0.3 is 0 Å². The average molecular weight is 566 g/mol. The molecular weight excluding hydrogens is 545 g/mol. The monoisotopic (exact) mass is 565 g/mol. The van der Waals surface area contributed by atoms with Crippen LogP contribution < -0.4 is 10.6 Å². The number of nitro benzene ring substituents is 1. The van der Waals surface area contributed by atoms with E-state index in [1.807, 2.05) is 36.4 Å². The molecule has 38 heavy (non-hydrogen) atoms. The van der Waals surface area contributed by atoms with Crippen molar-refractivity contribution < 1.29 is 14.5 Å². The van der Waals surface area contributed by atoms with Gasteiger partial charge < -0.3 is 10.6 Å². The van der Waals surface area contributed by atoms with Crippen LogP contribution in [0.4, 0.5) is 17.1 Å². The predicted octanol–water partition coefficient (Wildman–Crippen LogP) is 7.93. The fourth-order valence-electron chi connectivity index (χ4n) is 3.66. The maximum Gasteiger partial charge on any atom is 0.269 e. The molecule has 4 rings (SSSR count).